The molecule has 1 N–H and O–H groups in total. The van der Waals surface area contributed by atoms with Crippen LogP contribution in [0.1, 0.15) is 19.8 Å². The number of carboxylic acid groups (broad SMARTS) is 1. The molecule has 102 valence electrons. The second-order valence-electron chi connectivity index (χ2n) is 4.02. The van der Waals surface area contributed by atoms with Crippen LogP contribution in [0.25, 0.3) is 0 Å². The number of hydrogen-bond donors (Lipinski definition) is 1. The fourth-order valence-corrected chi connectivity index (χ4v) is 1.36. The normalized spacial score (nSPS) is 11.1. The molecule has 1 aromatic rings. The molecule has 0 saturated carbocycles. The lowest BCUT2D eigenvalue weighted by atomic mass is 10.2. The van der Waals surface area contributed by atoms with Gasteiger partial charge < -0.3 is 9.84 Å². The predicted octanol–water partition coefficient (Wildman–Crippen LogP) is 2.78. The van der Waals surface area contributed by atoms with Crippen LogP contribution < -0.4 is 4.74 Å². The molecule has 0 aliphatic heterocycles. The first kappa shape index (κ1) is 14.7. The fourth-order valence-electron chi connectivity index (χ4n) is 1.36. The van der Waals surface area contributed by atoms with Gasteiger partial charge in [-0.1, -0.05) is 6.08 Å². The summed E-state index contributed by atoms with van der Waals surface area (Å²) in [5.74, 6) is -0.295. The number of nitro groups is 1. The van der Waals surface area contributed by atoms with Gasteiger partial charge in [-0.25, -0.2) is 0 Å². The molecule has 19 heavy (non-hydrogen) atoms. The Morgan fingerprint density at radius 1 is 1.42 bits per heavy atom. The van der Waals surface area contributed by atoms with Crippen molar-refractivity contribution in [3.63, 3.8) is 0 Å². The molecule has 0 radical (unpaired) electrons. The van der Waals surface area contributed by atoms with Gasteiger partial charge >= 0.3 is 5.97 Å². The Kier molecular flexibility index (Phi) is 5.53. The molecular weight excluding hydrogens is 250 g/mol. The van der Waals surface area contributed by atoms with Crippen molar-refractivity contribution < 1.29 is 19.6 Å². The number of rotatable bonds is 7. The van der Waals surface area contributed by atoms with Crippen LogP contribution in [0.5, 0.6) is 5.75 Å². The van der Waals surface area contributed by atoms with Crippen LogP contribution in [0.2, 0.25) is 0 Å². The molecule has 0 spiro atoms. The predicted molar refractivity (Wildman–Crippen MR) is 69.2 cm³/mol. The first-order valence-corrected chi connectivity index (χ1v) is 5.73. The van der Waals surface area contributed by atoms with Crippen molar-refractivity contribution in [3.8, 4) is 5.75 Å². The highest BCUT2D eigenvalue weighted by atomic mass is 16.6. The first-order valence-electron chi connectivity index (χ1n) is 5.73. The smallest absolute Gasteiger partial charge is 0.303 e. The van der Waals surface area contributed by atoms with Crippen LogP contribution in [-0.4, -0.2) is 22.6 Å². The summed E-state index contributed by atoms with van der Waals surface area (Å²) in [6.45, 7) is 2.17. The number of allylic oxidation sites excluding steroid dienone is 1. The van der Waals surface area contributed by atoms with Crippen molar-refractivity contribution in [2.75, 3.05) is 6.61 Å². The van der Waals surface area contributed by atoms with Crippen LogP contribution in [0.15, 0.2) is 35.9 Å². The quantitative estimate of drug-likeness (QED) is 0.465. The summed E-state index contributed by atoms with van der Waals surface area (Å²) in [5.41, 5.74) is 0.931. The van der Waals surface area contributed by atoms with Gasteiger partial charge in [-0.15, -0.1) is 0 Å². The molecule has 0 heterocycles. The van der Waals surface area contributed by atoms with Gasteiger partial charge in [0.1, 0.15) is 12.4 Å². The third-order valence-electron chi connectivity index (χ3n) is 2.37. The van der Waals surface area contributed by atoms with Crippen molar-refractivity contribution in [1.82, 2.24) is 0 Å². The molecule has 0 aliphatic rings. The van der Waals surface area contributed by atoms with E-state index < -0.39 is 10.9 Å². The Labute approximate surface area is 110 Å². The zero-order chi connectivity index (χ0) is 14.3. The highest BCUT2D eigenvalue weighted by Gasteiger charge is 2.04. The van der Waals surface area contributed by atoms with Crippen molar-refractivity contribution in [2.45, 2.75) is 19.8 Å². The highest BCUT2D eigenvalue weighted by Crippen LogP contribution is 2.17. The van der Waals surface area contributed by atoms with Crippen molar-refractivity contribution in [3.05, 3.63) is 46.0 Å². The van der Waals surface area contributed by atoms with Gasteiger partial charge in [0, 0.05) is 18.6 Å². The van der Waals surface area contributed by atoms with E-state index in [9.17, 15) is 14.9 Å². The second-order valence-corrected chi connectivity index (χ2v) is 4.02. The zero-order valence-electron chi connectivity index (χ0n) is 10.5. The van der Waals surface area contributed by atoms with E-state index in [1.165, 1.54) is 24.3 Å². The molecule has 6 heteroatoms. The van der Waals surface area contributed by atoms with Crippen LogP contribution in [0.3, 0.4) is 0 Å². The van der Waals surface area contributed by atoms with Gasteiger partial charge in [0.25, 0.3) is 5.69 Å². The van der Waals surface area contributed by atoms with E-state index in [1.54, 1.807) is 6.08 Å². The number of ether oxygens (including phenoxy) is 1. The Hall–Kier alpha value is -2.37. The highest BCUT2D eigenvalue weighted by molar-refractivity contribution is 5.66. The van der Waals surface area contributed by atoms with E-state index in [1.807, 2.05) is 6.92 Å². The van der Waals surface area contributed by atoms with E-state index in [0.29, 0.717) is 18.8 Å². The molecule has 0 saturated heterocycles. The average Bonchev–Trinajstić information content (AvgIpc) is 2.36. The lowest BCUT2D eigenvalue weighted by Gasteiger charge is -2.06. The standard InChI is InChI=1S/C13H15NO5/c1-10(3-2-4-13(15)16)9-19-12-7-5-11(6-8-12)14(17)18/h3,5-8H,2,4,9H2,1H3,(H,15,16). The van der Waals surface area contributed by atoms with Crippen molar-refractivity contribution in [2.24, 2.45) is 0 Å². The molecule has 0 aliphatic carbocycles. The van der Waals surface area contributed by atoms with Gasteiger partial charge in [0.2, 0.25) is 0 Å². The summed E-state index contributed by atoms with van der Waals surface area (Å²) in [5, 5.41) is 18.9. The molecule has 0 bridgehead atoms. The number of nitro benzene ring substituents is 1. The van der Waals surface area contributed by atoms with Crippen LogP contribution in [0, 0.1) is 10.1 Å². The van der Waals surface area contributed by atoms with E-state index >= 15 is 0 Å². The maximum atomic E-state index is 10.5. The van der Waals surface area contributed by atoms with Gasteiger partial charge in [0.15, 0.2) is 0 Å². The molecule has 0 amide bonds. The minimum absolute atomic E-state index is 0.0149. The van der Waals surface area contributed by atoms with Gasteiger partial charge in [0.05, 0.1) is 4.92 Å². The largest absolute Gasteiger partial charge is 0.489 e. The number of nitrogens with zero attached hydrogens (tertiary/aromatic N) is 1. The van der Waals surface area contributed by atoms with Crippen molar-refractivity contribution in [1.29, 1.82) is 0 Å². The molecule has 0 aromatic heterocycles. The Balaban J connectivity index is 2.43. The minimum Gasteiger partial charge on any atom is -0.489 e. The lowest BCUT2D eigenvalue weighted by Crippen LogP contribution is -1.99. The summed E-state index contributed by atoms with van der Waals surface area (Å²) in [7, 11) is 0. The van der Waals surface area contributed by atoms with E-state index in [0.717, 1.165) is 5.57 Å². The monoisotopic (exact) mass is 265 g/mol. The van der Waals surface area contributed by atoms with Crippen LogP contribution in [-0.2, 0) is 4.79 Å². The Morgan fingerprint density at radius 3 is 2.58 bits per heavy atom. The molecular formula is C13H15NO5. The molecule has 0 fully saturated rings. The van der Waals surface area contributed by atoms with E-state index in [4.69, 9.17) is 9.84 Å². The minimum atomic E-state index is -0.833. The first-order chi connectivity index (χ1) is 8.99. The molecule has 1 aromatic carbocycles. The second kappa shape index (κ2) is 7.15. The summed E-state index contributed by atoms with van der Waals surface area (Å²) in [4.78, 5) is 20.3. The number of carbonyl (C=O) groups is 1. The number of aliphatic carboxylic acids is 1. The molecule has 1 rings (SSSR count). The van der Waals surface area contributed by atoms with E-state index in [-0.39, 0.29) is 12.1 Å². The number of carboxylic acids is 1. The van der Waals surface area contributed by atoms with E-state index in [2.05, 4.69) is 0 Å². The topological polar surface area (TPSA) is 89.7 Å². The van der Waals surface area contributed by atoms with Gasteiger partial charge in [-0.05, 0) is 31.1 Å². The molecule has 0 atom stereocenters. The zero-order valence-corrected chi connectivity index (χ0v) is 10.5. The number of non-ortho nitro benzene ring substituents is 1. The molecule has 6 nitrogen and oxygen atoms in total. The fraction of sp³-hybridized carbons (Fsp3) is 0.308. The van der Waals surface area contributed by atoms with Gasteiger partial charge in [-0.3, -0.25) is 14.9 Å². The summed E-state index contributed by atoms with van der Waals surface area (Å²) >= 11 is 0. The SMILES string of the molecule is CC(=CCCC(=O)O)COc1ccc([N+](=O)[O-])cc1. The number of benzene rings is 1. The lowest BCUT2D eigenvalue weighted by molar-refractivity contribution is -0.384. The van der Waals surface area contributed by atoms with Crippen LogP contribution in [0.4, 0.5) is 5.69 Å². The van der Waals surface area contributed by atoms with Crippen molar-refractivity contribution >= 4 is 11.7 Å². The third kappa shape index (κ3) is 5.67. The summed E-state index contributed by atoms with van der Waals surface area (Å²) in [6.07, 6.45) is 2.36. The summed E-state index contributed by atoms with van der Waals surface area (Å²) < 4.78 is 5.42. The summed E-state index contributed by atoms with van der Waals surface area (Å²) in [6, 6.07) is 5.81. The maximum absolute atomic E-state index is 10.5. The Morgan fingerprint density at radius 2 is 2.05 bits per heavy atom. The van der Waals surface area contributed by atoms with Gasteiger partial charge in [-0.2, -0.15) is 0 Å². The average molecular weight is 265 g/mol. The Bertz CT molecular complexity index is 478. The van der Waals surface area contributed by atoms with Crippen LogP contribution >= 0.6 is 0 Å². The number of hydrogen-bond acceptors (Lipinski definition) is 4. The maximum Gasteiger partial charge on any atom is 0.303 e. The third-order valence-corrected chi connectivity index (χ3v) is 2.37. The molecule has 0 unspecified atom stereocenters.